The fourth-order valence-electron chi connectivity index (χ4n) is 1.58. The first kappa shape index (κ1) is 10.8. The van der Waals surface area contributed by atoms with Crippen LogP contribution in [-0.2, 0) is 13.6 Å². The van der Waals surface area contributed by atoms with Crippen molar-refractivity contribution >= 4 is 0 Å². The summed E-state index contributed by atoms with van der Waals surface area (Å²) in [5.41, 5.74) is 2.43. The number of aromatic nitrogens is 3. The Morgan fingerprint density at radius 3 is 2.69 bits per heavy atom. The van der Waals surface area contributed by atoms with Gasteiger partial charge in [0.15, 0.2) is 0 Å². The number of nitrogens with zero attached hydrogens (tertiary/aromatic N) is 3. The molecule has 4 nitrogen and oxygen atoms in total. The molecule has 84 valence electrons. The second kappa shape index (κ2) is 4.90. The molecule has 0 amide bonds. The fraction of sp³-hybridized carbons (Fsp3) is 0.333. The first-order valence-corrected chi connectivity index (χ1v) is 5.36. The number of hydrogen-bond donors (Lipinski definition) is 1. The molecule has 0 aliphatic heterocycles. The van der Waals surface area contributed by atoms with Crippen molar-refractivity contribution in [1.29, 1.82) is 0 Å². The quantitative estimate of drug-likeness (QED) is 0.845. The van der Waals surface area contributed by atoms with E-state index in [9.17, 15) is 0 Å². The van der Waals surface area contributed by atoms with Crippen LogP contribution in [0.25, 0.3) is 0 Å². The summed E-state index contributed by atoms with van der Waals surface area (Å²) < 4.78 is 2.02. The van der Waals surface area contributed by atoms with Crippen LogP contribution in [0.5, 0.6) is 0 Å². The molecular weight excluding hydrogens is 200 g/mol. The van der Waals surface area contributed by atoms with Gasteiger partial charge in [0.05, 0.1) is 12.0 Å². The van der Waals surface area contributed by atoms with Gasteiger partial charge < -0.3 is 9.88 Å². The van der Waals surface area contributed by atoms with Crippen LogP contribution in [0.1, 0.15) is 24.2 Å². The van der Waals surface area contributed by atoms with Crippen LogP contribution < -0.4 is 5.32 Å². The number of pyridine rings is 1. The molecule has 0 unspecified atom stereocenters. The van der Waals surface area contributed by atoms with E-state index >= 15 is 0 Å². The van der Waals surface area contributed by atoms with Gasteiger partial charge in [-0.1, -0.05) is 0 Å². The molecular formula is C12H16N4. The molecule has 0 saturated heterocycles. The Morgan fingerprint density at radius 1 is 1.31 bits per heavy atom. The predicted octanol–water partition coefficient (Wildman–Crippen LogP) is 1.67. The molecule has 0 spiro atoms. The number of aryl methyl sites for hydroxylation is 1. The van der Waals surface area contributed by atoms with E-state index in [0.717, 1.165) is 6.54 Å². The highest BCUT2D eigenvalue weighted by Gasteiger charge is 2.05. The van der Waals surface area contributed by atoms with Crippen molar-refractivity contribution < 1.29 is 0 Å². The molecule has 0 aliphatic carbocycles. The molecule has 0 saturated carbocycles. The van der Waals surface area contributed by atoms with Gasteiger partial charge in [-0.3, -0.25) is 4.98 Å². The predicted molar refractivity (Wildman–Crippen MR) is 62.7 cm³/mol. The Balaban J connectivity index is 1.94. The smallest absolute Gasteiger partial charge is 0.0945 e. The van der Waals surface area contributed by atoms with E-state index in [1.807, 2.05) is 48.7 Å². The van der Waals surface area contributed by atoms with Crippen LogP contribution in [0.2, 0.25) is 0 Å². The van der Waals surface area contributed by atoms with Crippen molar-refractivity contribution in [2.75, 3.05) is 0 Å². The van der Waals surface area contributed by atoms with Gasteiger partial charge in [-0.15, -0.1) is 0 Å². The Morgan fingerprint density at radius 2 is 2.06 bits per heavy atom. The van der Waals surface area contributed by atoms with Crippen molar-refractivity contribution in [3.63, 3.8) is 0 Å². The molecule has 2 aromatic heterocycles. The zero-order valence-corrected chi connectivity index (χ0v) is 9.59. The minimum Gasteiger partial charge on any atom is -0.337 e. The Bertz CT molecular complexity index is 435. The molecule has 0 aliphatic rings. The molecule has 2 aromatic rings. The second-order valence-electron chi connectivity index (χ2n) is 3.88. The molecule has 2 rings (SSSR count). The molecule has 0 fully saturated rings. The lowest BCUT2D eigenvalue weighted by atomic mass is 10.1. The summed E-state index contributed by atoms with van der Waals surface area (Å²) in [5, 5.41) is 3.45. The number of rotatable bonds is 4. The van der Waals surface area contributed by atoms with E-state index < -0.39 is 0 Å². The lowest BCUT2D eigenvalue weighted by Gasteiger charge is -2.13. The zero-order chi connectivity index (χ0) is 11.4. The van der Waals surface area contributed by atoms with Gasteiger partial charge in [-0.2, -0.15) is 0 Å². The van der Waals surface area contributed by atoms with Gasteiger partial charge in [0.2, 0.25) is 0 Å². The fourth-order valence-corrected chi connectivity index (χ4v) is 1.58. The van der Waals surface area contributed by atoms with E-state index in [-0.39, 0.29) is 0 Å². The molecule has 1 N–H and O–H groups in total. The zero-order valence-electron chi connectivity index (χ0n) is 9.59. The summed E-state index contributed by atoms with van der Waals surface area (Å²) in [6.45, 7) is 2.96. The highest BCUT2D eigenvalue weighted by atomic mass is 15.0. The molecule has 0 radical (unpaired) electrons. The summed E-state index contributed by atoms with van der Waals surface area (Å²) in [5.74, 6) is 0. The minimum atomic E-state index is 0.318. The monoisotopic (exact) mass is 216 g/mol. The van der Waals surface area contributed by atoms with Crippen LogP contribution in [0.15, 0.2) is 37.1 Å². The first-order chi connectivity index (χ1) is 7.77. The normalized spacial score (nSPS) is 12.6. The van der Waals surface area contributed by atoms with E-state index in [0.29, 0.717) is 6.04 Å². The summed E-state index contributed by atoms with van der Waals surface area (Å²) in [6.07, 6.45) is 7.33. The Hall–Kier alpha value is -1.68. The highest BCUT2D eigenvalue weighted by Crippen LogP contribution is 2.10. The van der Waals surface area contributed by atoms with E-state index in [2.05, 4.69) is 22.2 Å². The van der Waals surface area contributed by atoms with Crippen molar-refractivity contribution in [3.8, 4) is 0 Å². The third-order valence-corrected chi connectivity index (χ3v) is 2.71. The lowest BCUT2D eigenvalue weighted by molar-refractivity contribution is 0.557. The van der Waals surface area contributed by atoms with Gasteiger partial charge in [0.25, 0.3) is 0 Å². The Labute approximate surface area is 95.4 Å². The third kappa shape index (κ3) is 2.46. The number of imidazole rings is 1. The van der Waals surface area contributed by atoms with Crippen molar-refractivity contribution in [2.24, 2.45) is 7.05 Å². The SMILES string of the molecule is C[C@@H](NCc1cncn1C)c1ccncc1. The number of nitrogens with one attached hydrogen (secondary N) is 1. The second-order valence-corrected chi connectivity index (χ2v) is 3.88. The number of hydrogen-bond acceptors (Lipinski definition) is 3. The lowest BCUT2D eigenvalue weighted by Crippen LogP contribution is -2.19. The minimum absolute atomic E-state index is 0.318. The summed E-state index contributed by atoms with van der Waals surface area (Å²) in [7, 11) is 2.00. The molecule has 0 bridgehead atoms. The maximum atomic E-state index is 4.09. The molecule has 4 heteroatoms. The molecule has 0 aromatic carbocycles. The van der Waals surface area contributed by atoms with E-state index in [1.54, 1.807) is 0 Å². The van der Waals surface area contributed by atoms with E-state index in [4.69, 9.17) is 0 Å². The summed E-state index contributed by atoms with van der Waals surface area (Å²) in [4.78, 5) is 8.10. The molecule has 1 atom stereocenters. The van der Waals surface area contributed by atoms with E-state index in [1.165, 1.54) is 11.3 Å². The average molecular weight is 216 g/mol. The third-order valence-electron chi connectivity index (χ3n) is 2.71. The molecule has 16 heavy (non-hydrogen) atoms. The maximum absolute atomic E-state index is 4.09. The van der Waals surface area contributed by atoms with Gasteiger partial charge in [0.1, 0.15) is 0 Å². The van der Waals surface area contributed by atoms with Crippen LogP contribution in [0.4, 0.5) is 0 Å². The van der Waals surface area contributed by atoms with Crippen molar-refractivity contribution in [3.05, 3.63) is 48.3 Å². The summed E-state index contributed by atoms with van der Waals surface area (Å²) >= 11 is 0. The van der Waals surface area contributed by atoms with Crippen LogP contribution in [-0.4, -0.2) is 14.5 Å². The van der Waals surface area contributed by atoms with Crippen LogP contribution in [0.3, 0.4) is 0 Å². The maximum Gasteiger partial charge on any atom is 0.0945 e. The van der Waals surface area contributed by atoms with Crippen LogP contribution >= 0.6 is 0 Å². The molecule has 2 heterocycles. The largest absolute Gasteiger partial charge is 0.337 e. The van der Waals surface area contributed by atoms with Gasteiger partial charge in [-0.25, -0.2) is 4.98 Å². The van der Waals surface area contributed by atoms with Crippen molar-refractivity contribution in [1.82, 2.24) is 19.9 Å². The van der Waals surface area contributed by atoms with Gasteiger partial charge in [0, 0.05) is 38.2 Å². The highest BCUT2D eigenvalue weighted by molar-refractivity contribution is 5.14. The first-order valence-electron chi connectivity index (χ1n) is 5.36. The summed E-state index contributed by atoms with van der Waals surface area (Å²) in [6, 6.07) is 4.37. The van der Waals surface area contributed by atoms with Crippen LogP contribution in [0, 0.1) is 0 Å². The Kier molecular flexibility index (Phi) is 3.31. The van der Waals surface area contributed by atoms with Crippen molar-refractivity contribution in [2.45, 2.75) is 19.5 Å². The standard InChI is InChI=1S/C12H16N4/c1-10(11-3-5-13-6-4-11)15-8-12-7-14-9-16(12)2/h3-7,9-10,15H,8H2,1-2H3/t10-/m1/s1. The topological polar surface area (TPSA) is 42.7 Å². The average Bonchev–Trinajstić information content (AvgIpc) is 2.73. The van der Waals surface area contributed by atoms with Gasteiger partial charge >= 0.3 is 0 Å². The van der Waals surface area contributed by atoms with Gasteiger partial charge in [-0.05, 0) is 24.6 Å².